The van der Waals surface area contributed by atoms with E-state index < -0.39 is 18.0 Å². The van der Waals surface area contributed by atoms with Gasteiger partial charge in [-0.25, -0.2) is 4.79 Å². The first-order valence-corrected chi connectivity index (χ1v) is 6.81. The largest absolute Gasteiger partial charge is 0.481 e. The van der Waals surface area contributed by atoms with Gasteiger partial charge in [-0.05, 0) is 13.8 Å². The van der Waals surface area contributed by atoms with Gasteiger partial charge < -0.3 is 24.4 Å². The number of nitrogens with zero attached hydrogens (tertiary/aromatic N) is 2. The molecule has 1 fully saturated rings. The highest BCUT2D eigenvalue weighted by Crippen LogP contribution is 2.13. The SMILES string of the molecule is COC(=O)CN(C(=O)N1CCOC(CC(=O)O)C1)C(C)C. The first-order chi connectivity index (χ1) is 9.85. The van der Waals surface area contributed by atoms with Gasteiger partial charge in [0.25, 0.3) is 0 Å². The number of carboxylic acids is 1. The summed E-state index contributed by atoms with van der Waals surface area (Å²) in [5.41, 5.74) is 0. The van der Waals surface area contributed by atoms with E-state index in [-0.39, 0.29) is 38.2 Å². The van der Waals surface area contributed by atoms with Crippen LogP contribution < -0.4 is 0 Å². The lowest BCUT2D eigenvalue weighted by atomic mass is 10.2. The summed E-state index contributed by atoms with van der Waals surface area (Å²) in [6.07, 6.45) is -0.671. The lowest BCUT2D eigenvalue weighted by Crippen LogP contribution is -2.54. The number of carbonyl (C=O) groups is 3. The second-order valence-corrected chi connectivity index (χ2v) is 5.12. The molecule has 1 saturated heterocycles. The molecule has 0 aliphatic carbocycles. The number of hydrogen-bond donors (Lipinski definition) is 1. The molecule has 1 aliphatic heterocycles. The van der Waals surface area contributed by atoms with Crippen molar-refractivity contribution in [2.75, 3.05) is 33.4 Å². The Morgan fingerprint density at radius 2 is 2.10 bits per heavy atom. The maximum atomic E-state index is 12.5. The van der Waals surface area contributed by atoms with Crippen LogP contribution in [0.4, 0.5) is 4.79 Å². The van der Waals surface area contributed by atoms with Crippen molar-refractivity contribution in [2.24, 2.45) is 0 Å². The zero-order valence-electron chi connectivity index (χ0n) is 12.6. The first kappa shape index (κ1) is 17.2. The Morgan fingerprint density at radius 3 is 2.62 bits per heavy atom. The molecule has 8 heteroatoms. The molecule has 0 aromatic rings. The van der Waals surface area contributed by atoms with Crippen LogP contribution in [0.1, 0.15) is 20.3 Å². The van der Waals surface area contributed by atoms with Crippen LogP contribution in [0.3, 0.4) is 0 Å². The molecular formula is C13H22N2O6. The number of carboxylic acid groups (broad SMARTS) is 1. The number of methoxy groups -OCH3 is 1. The Labute approximate surface area is 123 Å². The van der Waals surface area contributed by atoms with Crippen LogP contribution in [0.15, 0.2) is 0 Å². The fourth-order valence-corrected chi connectivity index (χ4v) is 2.07. The topological polar surface area (TPSA) is 96.4 Å². The maximum absolute atomic E-state index is 12.5. The van der Waals surface area contributed by atoms with Gasteiger partial charge >= 0.3 is 18.0 Å². The van der Waals surface area contributed by atoms with Crippen molar-refractivity contribution >= 4 is 18.0 Å². The zero-order valence-corrected chi connectivity index (χ0v) is 12.6. The normalized spacial score (nSPS) is 18.5. The molecule has 0 aromatic carbocycles. The van der Waals surface area contributed by atoms with Gasteiger partial charge in [0.15, 0.2) is 0 Å². The molecule has 1 N–H and O–H groups in total. The predicted octanol–water partition coefficient (Wildman–Crippen LogP) is 0.165. The van der Waals surface area contributed by atoms with Crippen LogP contribution in [0.5, 0.6) is 0 Å². The summed E-state index contributed by atoms with van der Waals surface area (Å²) in [4.78, 5) is 37.5. The van der Waals surface area contributed by atoms with Gasteiger partial charge in [0.05, 0.1) is 26.2 Å². The third kappa shape index (κ3) is 5.22. The second-order valence-electron chi connectivity index (χ2n) is 5.12. The minimum atomic E-state index is -0.968. The molecule has 1 atom stereocenters. The highest BCUT2D eigenvalue weighted by molar-refractivity contribution is 5.81. The fourth-order valence-electron chi connectivity index (χ4n) is 2.07. The van der Waals surface area contributed by atoms with E-state index in [1.54, 1.807) is 13.8 Å². The Hall–Kier alpha value is -1.83. The second kappa shape index (κ2) is 7.82. The van der Waals surface area contributed by atoms with Crippen LogP contribution in [0.25, 0.3) is 0 Å². The highest BCUT2D eigenvalue weighted by Gasteiger charge is 2.30. The number of esters is 1. The van der Waals surface area contributed by atoms with Crippen molar-refractivity contribution in [3.05, 3.63) is 0 Å². The number of hydrogen-bond acceptors (Lipinski definition) is 5. The standard InChI is InChI=1S/C13H22N2O6/c1-9(2)15(8-12(18)20-3)13(19)14-4-5-21-10(7-14)6-11(16)17/h9-10H,4-8H2,1-3H3,(H,16,17). The van der Waals surface area contributed by atoms with Gasteiger partial charge in [-0.3, -0.25) is 9.59 Å². The maximum Gasteiger partial charge on any atom is 0.325 e. The molecule has 2 amide bonds. The summed E-state index contributed by atoms with van der Waals surface area (Å²) >= 11 is 0. The Bertz CT molecular complexity index is 398. The van der Waals surface area contributed by atoms with E-state index in [4.69, 9.17) is 9.84 Å². The molecule has 0 spiro atoms. The molecule has 0 radical (unpaired) electrons. The van der Waals surface area contributed by atoms with Gasteiger partial charge in [0, 0.05) is 19.1 Å². The molecule has 1 heterocycles. The van der Waals surface area contributed by atoms with Gasteiger partial charge in [-0.2, -0.15) is 0 Å². The van der Waals surface area contributed by atoms with Crippen LogP contribution in [0.2, 0.25) is 0 Å². The van der Waals surface area contributed by atoms with E-state index >= 15 is 0 Å². The van der Waals surface area contributed by atoms with E-state index in [2.05, 4.69) is 4.74 Å². The van der Waals surface area contributed by atoms with E-state index in [0.29, 0.717) is 6.54 Å². The molecule has 0 aromatic heterocycles. The van der Waals surface area contributed by atoms with Gasteiger partial charge in [0.1, 0.15) is 6.54 Å². The van der Waals surface area contributed by atoms with E-state index in [1.807, 2.05) is 0 Å². The number of rotatable bonds is 5. The summed E-state index contributed by atoms with van der Waals surface area (Å²) in [7, 11) is 1.27. The van der Waals surface area contributed by atoms with Crippen molar-refractivity contribution < 1.29 is 29.0 Å². The van der Waals surface area contributed by atoms with Gasteiger partial charge in [0.2, 0.25) is 0 Å². The van der Waals surface area contributed by atoms with Gasteiger partial charge in [-0.15, -0.1) is 0 Å². The highest BCUT2D eigenvalue weighted by atomic mass is 16.5. The molecule has 1 unspecified atom stereocenters. The average Bonchev–Trinajstić information content (AvgIpc) is 2.43. The molecule has 21 heavy (non-hydrogen) atoms. The molecule has 120 valence electrons. The molecule has 0 saturated carbocycles. The number of morpholine rings is 1. The third-order valence-electron chi connectivity index (χ3n) is 3.21. The summed E-state index contributed by atoms with van der Waals surface area (Å²) in [6, 6.07) is -0.480. The summed E-state index contributed by atoms with van der Waals surface area (Å²) < 4.78 is 9.92. The van der Waals surface area contributed by atoms with Gasteiger partial charge in [-0.1, -0.05) is 0 Å². The van der Waals surface area contributed by atoms with Crippen LogP contribution in [0, 0.1) is 0 Å². The zero-order chi connectivity index (χ0) is 16.0. The van der Waals surface area contributed by atoms with Crippen molar-refractivity contribution in [3.8, 4) is 0 Å². The van der Waals surface area contributed by atoms with Crippen molar-refractivity contribution in [1.29, 1.82) is 0 Å². The first-order valence-electron chi connectivity index (χ1n) is 6.81. The summed E-state index contributed by atoms with van der Waals surface area (Å²) in [5, 5.41) is 8.78. The molecule has 0 bridgehead atoms. The summed E-state index contributed by atoms with van der Waals surface area (Å²) in [5.74, 6) is -1.46. The Balaban J connectivity index is 2.69. The molecule has 1 aliphatic rings. The Kier molecular flexibility index (Phi) is 6.41. The van der Waals surface area contributed by atoms with Crippen LogP contribution in [-0.2, 0) is 19.1 Å². The third-order valence-corrected chi connectivity index (χ3v) is 3.21. The quantitative estimate of drug-likeness (QED) is 0.727. The van der Waals surface area contributed by atoms with E-state index in [1.165, 1.54) is 16.9 Å². The van der Waals surface area contributed by atoms with Crippen LogP contribution in [-0.4, -0.2) is 78.4 Å². The minimum Gasteiger partial charge on any atom is -0.481 e. The Morgan fingerprint density at radius 1 is 1.43 bits per heavy atom. The lowest BCUT2D eigenvalue weighted by Gasteiger charge is -2.37. The number of urea groups is 1. The predicted molar refractivity (Wildman–Crippen MR) is 72.8 cm³/mol. The number of ether oxygens (including phenoxy) is 2. The smallest absolute Gasteiger partial charge is 0.325 e. The fraction of sp³-hybridized carbons (Fsp3) is 0.769. The number of aliphatic carboxylic acids is 1. The van der Waals surface area contributed by atoms with E-state index in [0.717, 1.165) is 0 Å². The van der Waals surface area contributed by atoms with Crippen molar-refractivity contribution in [1.82, 2.24) is 9.80 Å². The van der Waals surface area contributed by atoms with E-state index in [9.17, 15) is 14.4 Å². The lowest BCUT2D eigenvalue weighted by molar-refractivity contribution is -0.141. The monoisotopic (exact) mass is 302 g/mol. The van der Waals surface area contributed by atoms with Crippen molar-refractivity contribution in [2.45, 2.75) is 32.4 Å². The molecular weight excluding hydrogens is 280 g/mol. The average molecular weight is 302 g/mol. The molecule has 8 nitrogen and oxygen atoms in total. The van der Waals surface area contributed by atoms with Crippen molar-refractivity contribution in [3.63, 3.8) is 0 Å². The number of amides is 2. The molecule has 1 rings (SSSR count). The summed E-state index contributed by atoms with van der Waals surface area (Å²) in [6.45, 7) is 4.34. The van der Waals surface area contributed by atoms with Crippen LogP contribution >= 0.6 is 0 Å². The minimum absolute atomic E-state index is 0.131. The number of carbonyl (C=O) groups excluding carboxylic acids is 2.